The molecule has 3 aromatic rings. The van der Waals surface area contributed by atoms with E-state index in [-0.39, 0.29) is 18.0 Å². The minimum atomic E-state index is -0.167. The van der Waals surface area contributed by atoms with Gasteiger partial charge in [-0.2, -0.15) is 0 Å². The number of hydrogen-bond acceptors (Lipinski definition) is 4. The summed E-state index contributed by atoms with van der Waals surface area (Å²) in [4.78, 5) is 33.8. The second-order valence-electron chi connectivity index (χ2n) is 6.85. The van der Waals surface area contributed by atoms with Gasteiger partial charge in [-0.05, 0) is 30.7 Å². The van der Waals surface area contributed by atoms with Gasteiger partial charge in [0.05, 0.1) is 17.2 Å². The summed E-state index contributed by atoms with van der Waals surface area (Å²) in [6.07, 6.45) is 1.48. The van der Waals surface area contributed by atoms with Crippen molar-refractivity contribution in [2.75, 3.05) is 31.1 Å². The van der Waals surface area contributed by atoms with Crippen molar-refractivity contribution in [2.24, 2.45) is 0 Å². The van der Waals surface area contributed by atoms with E-state index >= 15 is 0 Å². The lowest BCUT2D eigenvalue weighted by Crippen LogP contribution is -2.50. The lowest BCUT2D eigenvalue weighted by Gasteiger charge is -2.36. The fourth-order valence-corrected chi connectivity index (χ4v) is 3.55. The summed E-state index contributed by atoms with van der Waals surface area (Å²) in [5, 5.41) is 0.555. The smallest absolute Gasteiger partial charge is 0.261 e. The van der Waals surface area contributed by atoms with Crippen LogP contribution in [0.5, 0.6) is 0 Å². The molecule has 27 heavy (non-hydrogen) atoms. The van der Waals surface area contributed by atoms with Crippen molar-refractivity contribution in [1.82, 2.24) is 14.5 Å². The second kappa shape index (κ2) is 7.23. The quantitative estimate of drug-likeness (QED) is 0.716. The number of anilines is 1. The lowest BCUT2D eigenvalue weighted by atomic mass is 10.1. The summed E-state index contributed by atoms with van der Waals surface area (Å²) in [5.41, 5.74) is 2.66. The molecule has 1 aromatic heterocycles. The van der Waals surface area contributed by atoms with E-state index in [1.165, 1.54) is 16.6 Å². The van der Waals surface area contributed by atoms with E-state index in [1.54, 1.807) is 6.07 Å². The van der Waals surface area contributed by atoms with Crippen LogP contribution in [0.3, 0.4) is 0 Å². The van der Waals surface area contributed by atoms with Crippen LogP contribution < -0.4 is 10.5 Å². The molecule has 1 aliphatic heterocycles. The molecule has 0 unspecified atom stereocenters. The molecule has 0 aliphatic carbocycles. The molecule has 4 rings (SSSR count). The molecule has 0 radical (unpaired) electrons. The van der Waals surface area contributed by atoms with Gasteiger partial charge in [0.25, 0.3) is 5.56 Å². The Labute approximate surface area is 157 Å². The van der Waals surface area contributed by atoms with Gasteiger partial charge in [0.15, 0.2) is 0 Å². The molecule has 1 amide bonds. The Balaban J connectivity index is 1.45. The van der Waals surface area contributed by atoms with Crippen LogP contribution in [0.2, 0.25) is 0 Å². The molecule has 1 fully saturated rings. The molecule has 0 atom stereocenters. The average Bonchev–Trinajstić information content (AvgIpc) is 2.71. The van der Waals surface area contributed by atoms with Crippen LogP contribution in [0, 0.1) is 6.92 Å². The van der Waals surface area contributed by atoms with Gasteiger partial charge in [0.1, 0.15) is 6.54 Å². The van der Waals surface area contributed by atoms with E-state index in [0.717, 1.165) is 18.7 Å². The largest absolute Gasteiger partial charge is 0.368 e. The maximum absolute atomic E-state index is 12.7. The molecule has 0 N–H and O–H groups in total. The second-order valence-corrected chi connectivity index (χ2v) is 6.85. The molecule has 2 heterocycles. The van der Waals surface area contributed by atoms with Gasteiger partial charge in [-0.1, -0.05) is 30.3 Å². The number of nitrogens with zero attached hydrogens (tertiary/aromatic N) is 4. The van der Waals surface area contributed by atoms with E-state index in [0.29, 0.717) is 24.0 Å². The van der Waals surface area contributed by atoms with Gasteiger partial charge in [-0.3, -0.25) is 14.2 Å². The van der Waals surface area contributed by atoms with E-state index in [9.17, 15) is 9.59 Å². The number of aromatic nitrogens is 2. The number of amides is 1. The number of fused-ring (bicyclic) bond motifs is 1. The molecule has 0 saturated carbocycles. The monoisotopic (exact) mass is 362 g/mol. The number of hydrogen-bond donors (Lipinski definition) is 0. The number of aryl methyl sites for hydroxylation is 1. The summed E-state index contributed by atoms with van der Waals surface area (Å²) in [6, 6.07) is 15.7. The zero-order valence-corrected chi connectivity index (χ0v) is 15.3. The van der Waals surface area contributed by atoms with Crippen molar-refractivity contribution in [3.63, 3.8) is 0 Å². The Bertz CT molecular complexity index is 1020. The lowest BCUT2D eigenvalue weighted by molar-refractivity contribution is -0.132. The molecular weight excluding hydrogens is 340 g/mol. The Morgan fingerprint density at radius 2 is 1.74 bits per heavy atom. The van der Waals surface area contributed by atoms with Crippen LogP contribution in [0.1, 0.15) is 5.56 Å². The number of carbonyl (C=O) groups excluding carboxylic acids is 1. The van der Waals surface area contributed by atoms with Crippen molar-refractivity contribution in [3.05, 3.63) is 70.8 Å². The molecular formula is C21H22N4O2. The Morgan fingerprint density at radius 1 is 1.00 bits per heavy atom. The summed E-state index contributed by atoms with van der Waals surface area (Å²) in [6.45, 7) is 4.85. The molecule has 1 saturated heterocycles. The first-order valence-electron chi connectivity index (χ1n) is 9.16. The van der Waals surface area contributed by atoms with Crippen LogP contribution in [-0.2, 0) is 11.3 Å². The van der Waals surface area contributed by atoms with Gasteiger partial charge < -0.3 is 9.80 Å². The third-order valence-electron chi connectivity index (χ3n) is 5.11. The van der Waals surface area contributed by atoms with Crippen LogP contribution in [0.15, 0.2) is 59.7 Å². The zero-order valence-electron chi connectivity index (χ0n) is 15.3. The van der Waals surface area contributed by atoms with Crippen molar-refractivity contribution < 1.29 is 4.79 Å². The summed E-state index contributed by atoms with van der Waals surface area (Å²) in [7, 11) is 0. The topological polar surface area (TPSA) is 58.4 Å². The highest BCUT2D eigenvalue weighted by molar-refractivity contribution is 5.81. The molecule has 6 heteroatoms. The van der Waals surface area contributed by atoms with Crippen LogP contribution in [-0.4, -0.2) is 46.5 Å². The molecule has 2 aromatic carbocycles. The Kier molecular flexibility index (Phi) is 4.62. The Morgan fingerprint density at radius 3 is 2.48 bits per heavy atom. The number of para-hydroxylation sites is 2. The summed E-state index contributed by atoms with van der Waals surface area (Å²) >= 11 is 0. The van der Waals surface area contributed by atoms with E-state index in [1.807, 2.05) is 42.2 Å². The van der Waals surface area contributed by atoms with E-state index in [4.69, 9.17) is 0 Å². The summed E-state index contributed by atoms with van der Waals surface area (Å²) < 4.78 is 1.41. The third kappa shape index (κ3) is 3.43. The fraction of sp³-hybridized carbons (Fsp3) is 0.286. The highest BCUT2D eigenvalue weighted by Crippen LogP contribution is 2.16. The van der Waals surface area contributed by atoms with Crippen LogP contribution in [0.25, 0.3) is 10.9 Å². The normalized spacial score (nSPS) is 14.6. The highest BCUT2D eigenvalue weighted by atomic mass is 16.2. The van der Waals surface area contributed by atoms with E-state index < -0.39 is 0 Å². The van der Waals surface area contributed by atoms with Crippen molar-refractivity contribution in [3.8, 4) is 0 Å². The van der Waals surface area contributed by atoms with Gasteiger partial charge >= 0.3 is 0 Å². The van der Waals surface area contributed by atoms with Crippen molar-refractivity contribution in [1.29, 1.82) is 0 Å². The maximum atomic E-state index is 12.7. The zero-order chi connectivity index (χ0) is 18.8. The third-order valence-corrected chi connectivity index (χ3v) is 5.11. The van der Waals surface area contributed by atoms with Crippen molar-refractivity contribution >= 4 is 22.5 Å². The van der Waals surface area contributed by atoms with Gasteiger partial charge in [-0.15, -0.1) is 0 Å². The number of piperazine rings is 1. The van der Waals surface area contributed by atoms with Gasteiger partial charge in [0, 0.05) is 31.9 Å². The van der Waals surface area contributed by atoms with Gasteiger partial charge in [0.2, 0.25) is 5.91 Å². The van der Waals surface area contributed by atoms with Crippen molar-refractivity contribution in [2.45, 2.75) is 13.5 Å². The number of rotatable bonds is 3. The molecule has 1 aliphatic rings. The highest BCUT2D eigenvalue weighted by Gasteiger charge is 2.22. The number of benzene rings is 2. The predicted molar refractivity (Wildman–Crippen MR) is 106 cm³/mol. The first kappa shape index (κ1) is 17.3. The molecule has 0 spiro atoms. The fourth-order valence-electron chi connectivity index (χ4n) is 3.55. The first-order chi connectivity index (χ1) is 13.1. The molecule has 6 nitrogen and oxygen atoms in total. The first-order valence-corrected chi connectivity index (χ1v) is 9.16. The minimum Gasteiger partial charge on any atom is -0.368 e. The SMILES string of the molecule is Cc1cccc2c(=O)n(CC(=O)N3CCN(c4ccccc4)CC3)cnc12. The van der Waals surface area contributed by atoms with Gasteiger partial charge in [-0.25, -0.2) is 4.98 Å². The standard InChI is InChI=1S/C21H22N4O2/c1-16-6-5-9-18-20(16)22-15-25(21(18)27)14-19(26)24-12-10-23(11-13-24)17-7-3-2-4-8-17/h2-9,15H,10-14H2,1H3. The van der Waals surface area contributed by atoms with E-state index in [2.05, 4.69) is 22.0 Å². The maximum Gasteiger partial charge on any atom is 0.261 e. The van der Waals surface area contributed by atoms with Crippen LogP contribution in [0.4, 0.5) is 5.69 Å². The Hall–Kier alpha value is -3.15. The molecule has 0 bridgehead atoms. The number of carbonyl (C=O) groups is 1. The average molecular weight is 362 g/mol. The summed E-state index contributed by atoms with van der Waals surface area (Å²) in [5.74, 6) is -0.0429. The predicted octanol–water partition coefficient (Wildman–Crippen LogP) is 2.05. The minimum absolute atomic E-state index is 0.0288. The molecule has 138 valence electrons. The van der Waals surface area contributed by atoms with Crippen LogP contribution >= 0.6 is 0 Å².